The molecule has 0 aromatic heterocycles. The molecule has 0 spiro atoms. The summed E-state index contributed by atoms with van der Waals surface area (Å²) in [5.41, 5.74) is 9.15. The minimum atomic E-state index is -0.0341. The van der Waals surface area contributed by atoms with Gasteiger partial charge in [-0.2, -0.15) is 0 Å². The van der Waals surface area contributed by atoms with E-state index >= 15 is 0 Å². The minimum Gasteiger partial charge on any atom is -0.282 e. The van der Waals surface area contributed by atoms with Gasteiger partial charge in [-0.1, -0.05) is 24.3 Å². The number of rotatable bonds is 2. The Labute approximate surface area is 106 Å². The van der Waals surface area contributed by atoms with Gasteiger partial charge in [-0.3, -0.25) is 16.1 Å². The second-order valence-corrected chi connectivity index (χ2v) is 5.94. The Balaban J connectivity index is 2.33. The first kappa shape index (κ1) is 12.2. The standard InChI is InChI=1S/C13H17N3S/c1-13(2)7-9-5-3-4-6-10(9)11(16-13)8-17-12(14)15/h3-6H,7-8H2,1-2H3,(H3,14,15)/p+1. The van der Waals surface area contributed by atoms with Crippen molar-refractivity contribution in [3.05, 3.63) is 35.4 Å². The van der Waals surface area contributed by atoms with E-state index in [0.717, 1.165) is 17.9 Å². The quantitative estimate of drug-likeness (QED) is 0.595. The normalized spacial score (nSPS) is 17.2. The van der Waals surface area contributed by atoms with E-state index in [9.17, 15) is 0 Å². The van der Waals surface area contributed by atoms with Gasteiger partial charge in [-0.05, 0) is 43.2 Å². The van der Waals surface area contributed by atoms with Crippen molar-refractivity contribution in [2.75, 3.05) is 5.75 Å². The first-order valence-electron chi connectivity index (χ1n) is 5.66. The number of nitrogens with zero attached hydrogens (tertiary/aromatic N) is 1. The van der Waals surface area contributed by atoms with Crippen LogP contribution in [-0.2, 0) is 6.42 Å². The molecule has 1 aliphatic rings. The summed E-state index contributed by atoms with van der Waals surface area (Å²) < 4.78 is 0. The average Bonchev–Trinajstić information content (AvgIpc) is 2.24. The van der Waals surface area contributed by atoms with Gasteiger partial charge < -0.3 is 0 Å². The van der Waals surface area contributed by atoms with Crippen molar-refractivity contribution >= 4 is 22.6 Å². The van der Waals surface area contributed by atoms with Crippen molar-refractivity contribution in [2.45, 2.75) is 25.8 Å². The third kappa shape index (κ3) is 2.88. The number of hydrogen-bond donors (Lipinski definition) is 2. The molecule has 0 amide bonds. The van der Waals surface area contributed by atoms with Crippen LogP contribution in [0.3, 0.4) is 0 Å². The van der Waals surface area contributed by atoms with Gasteiger partial charge in [0.25, 0.3) is 5.17 Å². The molecule has 1 aliphatic heterocycles. The molecule has 0 atom stereocenters. The van der Waals surface area contributed by atoms with E-state index in [2.05, 4.69) is 32.0 Å². The van der Waals surface area contributed by atoms with Crippen LogP contribution in [0.25, 0.3) is 0 Å². The highest BCUT2D eigenvalue weighted by atomic mass is 32.2. The van der Waals surface area contributed by atoms with E-state index in [-0.39, 0.29) is 5.54 Å². The van der Waals surface area contributed by atoms with Gasteiger partial charge in [-0.25, -0.2) is 0 Å². The molecule has 0 radical (unpaired) electrons. The molecular weight excluding hydrogens is 230 g/mol. The summed E-state index contributed by atoms with van der Waals surface area (Å²) >= 11 is 1.44. The molecule has 0 saturated heterocycles. The van der Waals surface area contributed by atoms with E-state index in [1.165, 1.54) is 22.9 Å². The van der Waals surface area contributed by atoms with E-state index in [1.54, 1.807) is 0 Å². The number of aliphatic imine (C=N–C) groups is 1. The van der Waals surface area contributed by atoms with Crippen molar-refractivity contribution in [1.82, 2.24) is 0 Å². The lowest BCUT2D eigenvalue weighted by atomic mass is 9.87. The maximum absolute atomic E-state index is 5.50. The summed E-state index contributed by atoms with van der Waals surface area (Å²) in [6.45, 7) is 4.31. The number of fused-ring (bicyclic) bond motifs is 1. The van der Waals surface area contributed by atoms with Crippen molar-refractivity contribution in [3.63, 3.8) is 0 Å². The molecule has 0 unspecified atom stereocenters. The van der Waals surface area contributed by atoms with Crippen molar-refractivity contribution in [2.24, 2.45) is 10.7 Å². The molecular formula is C13H18N3S+. The number of hydrogen-bond acceptors (Lipinski definition) is 2. The van der Waals surface area contributed by atoms with Gasteiger partial charge in [0.15, 0.2) is 0 Å². The average molecular weight is 248 g/mol. The van der Waals surface area contributed by atoms with Crippen LogP contribution in [-0.4, -0.2) is 22.2 Å². The first-order chi connectivity index (χ1) is 7.98. The molecule has 4 N–H and O–H groups in total. The van der Waals surface area contributed by atoms with Crippen molar-refractivity contribution < 1.29 is 5.41 Å². The Kier molecular flexibility index (Phi) is 3.24. The molecule has 1 heterocycles. The highest BCUT2D eigenvalue weighted by Crippen LogP contribution is 2.27. The van der Waals surface area contributed by atoms with Crippen LogP contribution in [0.15, 0.2) is 29.3 Å². The van der Waals surface area contributed by atoms with Gasteiger partial charge in [0.2, 0.25) is 0 Å². The summed E-state index contributed by atoms with van der Waals surface area (Å²) in [5.74, 6) is 0.739. The second-order valence-electron chi connectivity index (χ2n) is 4.90. The van der Waals surface area contributed by atoms with Crippen LogP contribution in [0.2, 0.25) is 0 Å². The molecule has 4 heteroatoms. The molecule has 0 bridgehead atoms. The fraction of sp³-hybridized carbons (Fsp3) is 0.385. The molecule has 2 rings (SSSR count). The van der Waals surface area contributed by atoms with E-state index < -0.39 is 0 Å². The summed E-state index contributed by atoms with van der Waals surface area (Å²) in [7, 11) is 0. The smallest absolute Gasteiger partial charge is 0.282 e. The van der Waals surface area contributed by atoms with Gasteiger partial charge in [0.1, 0.15) is 0 Å². The molecule has 0 aliphatic carbocycles. The Morgan fingerprint density at radius 3 is 2.88 bits per heavy atom. The third-order valence-electron chi connectivity index (χ3n) is 2.76. The largest absolute Gasteiger partial charge is 0.300 e. The summed E-state index contributed by atoms with van der Waals surface area (Å²) in [4.78, 5) is 4.80. The Hall–Kier alpha value is -1.29. The van der Waals surface area contributed by atoms with E-state index in [4.69, 9.17) is 16.1 Å². The molecule has 0 saturated carbocycles. The van der Waals surface area contributed by atoms with Crippen LogP contribution in [0.1, 0.15) is 25.0 Å². The van der Waals surface area contributed by atoms with Crippen LogP contribution in [0.5, 0.6) is 0 Å². The zero-order valence-electron chi connectivity index (χ0n) is 10.2. The van der Waals surface area contributed by atoms with Gasteiger partial charge >= 0.3 is 0 Å². The highest BCUT2D eigenvalue weighted by Gasteiger charge is 2.26. The predicted molar refractivity (Wildman–Crippen MR) is 74.3 cm³/mol. The molecule has 0 fully saturated rings. The van der Waals surface area contributed by atoms with Gasteiger partial charge in [-0.15, -0.1) is 0 Å². The third-order valence-corrected chi connectivity index (χ3v) is 3.52. The zero-order chi connectivity index (χ0) is 12.5. The topological polar surface area (TPSA) is 64.0 Å². The maximum Gasteiger partial charge on any atom is 0.300 e. The van der Waals surface area contributed by atoms with Crippen molar-refractivity contribution in [3.8, 4) is 0 Å². The number of amidine groups is 1. The highest BCUT2D eigenvalue weighted by molar-refractivity contribution is 8.14. The fourth-order valence-corrected chi connectivity index (χ4v) is 2.67. The lowest BCUT2D eigenvalue weighted by Gasteiger charge is -2.28. The predicted octanol–water partition coefficient (Wildman–Crippen LogP) is 0.617. The second kappa shape index (κ2) is 4.53. The Bertz CT molecular complexity index is 477. The van der Waals surface area contributed by atoms with Gasteiger partial charge in [0.05, 0.1) is 11.3 Å². The zero-order valence-corrected chi connectivity index (χ0v) is 11.1. The van der Waals surface area contributed by atoms with Crippen LogP contribution >= 0.6 is 11.8 Å². The number of thioether (sulfide) groups is 1. The summed E-state index contributed by atoms with van der Waals surface area (Å²) in [6, 6.07) is 8.42. The van der Waals surface area contributed by atoms with Gasteiger partial charge in [0, 0.05) is 5.75 Å². The number of nitrogens with two attached hydrogens (primary N) is 2. The van der Waals surface area contributed by atoms with E-state index in [1.807, 2.05) is 6.07 Å². The molecule has 3 nitrogen and oxygen atoms in total. The summed E-state index contributed by atoms with van der Waals surface area (Å²) in [5, 5.41) is 5.90. The SMILES string of the molecule is CC1(C)Cc2ccccc2C(CSC(N)=[NH2+])=N1. The molecule has 90 valence electrons. The molecule has 1 aromatic rings. The van der Waals surface area contributed by atoms with Crippen LogP contribution in [0, 0.1) is 0 Å². The molecule has 17 heavy (non-hydrogen) atoms. The number of benzene rings is 1. The van der Waals surface area contributed by atoms with E-state index in [0.29, 0.717) is 5.17 Å². The Morgan fingerprint density at radius 2 is 2.18 bits per heavy atom. The monoisotopic (exact) mass is 248 g/mol. The van der Waals surface area contributed by atoms with Crippen LogP contribution in [0.4, 0.5) is 0 Å². The lowest BCUT2D eigenvalue weighted by Crippen LogP contribution is -2.43. The molecule has 1 aromatic carbocycles. The first-order valence-corrected chi connectivity index (χ1v) is 6.64. The minimum absolute atomic E-state index is 0.0341. The Morgan fingerprint density at radius 1 is 1.47 bits per heavy atom. The maximum atomic E-state index is 5.50. The lowest BCUT2D eigenvalue weighted by molar-refractivity contribution is -0.110. The summed E-state index contributed by atoms with van der Waals surface area (Å²) in [6.07, 6.45) is 0.985. The van der Waals surface area contributed by atoms with Crippen molar-refractivity contribution in [1.29, 1.82) is 0 Å². The van der Waals surface area contributed by atoms with Crippen LogP contribution < -0.4 is 11.1 Å². The fourth-order valence-electron chi connectivity index (χ4n) is 2.15.